The van der Waals surface area contributed by atoms with E-state index in [2.05, 4.69) is 4.98 Å². The molecule has 1 aliphatic rings. The molecule has 5 heteroatoms. The van der Waals surface area contributed by atoms with Crippen molar-refractivity contribution in [3.8, 4) is 11.3 Å². The number of carbonyl (C=O) groups is 1. The highest BCUT2D eigenvalue weighted by Crippen LogP contribution is 2.25. The first-order valence-corrected chi connectivity index (χ1v) is 9.21. The number of carbonyl (C=O) groups excluding carboxylic acids is 1. The highest BCUT2D eigenvalue weighted by molar-refractivity contribution is 5.95. The molecule has 0 unspecified atom stereocenters. The first-order chi connectivity index (χ1) is 12.7. The Balaban J connectivity index is 1.73. The first kappa shape index (κ1) is 18.5. The van der Waals surface area contributed by atoms with Gasteiger partial charge in [0, 0.05) is 43.6 Å². The summed E-state index contributed by atoms with van der Waals surface area (Å²) in [5.41, 5.74) is 1.63. The number of amides is 1. The topological polar surface area (TPSA) is 42.4 Å². The van der Waals surface area contributed by atoms with E-state index in [0.29, 0.717) is 16.8 Å². The predicted molar refractivity (Wildman–Crippen MR) is 99.4 cm³/mol. The number of piperidine rings is 1. The molecule has 1 amide bonds. The molecule has 0 aliphatic carbocycles. The molecule has 3 rings (SSSR count). The van der Waals surface area contributed by atoms with Gasteiger partial charge in [-0.3, -0.25) is 9.78 Å². The average molecular weight is 356 g/mol. The van der Waals surface area contributed by atoms with Crippen molar-refractivity contribution < 1.29 is 13.9 Å². The minimum atomic E-state index is -0.360. The standard InChI is InChI=1S/C21H25FN2O2/c1-26-15-5-7-18-6-2-3-14-24(18)21(25)17-11-9-16(10-12-17)20-19(22)8-4-13-23-20/h4,8-13,18H,2-3,5-7,14-15H2,1H3/t18-/m0/s1. The van der Waals surface area contributed by atoms with Crippen LogP contribution in [0.5, 0.6) is 0 Å². The number of halogens is 1. The van der Waals surface area contributed by atoms with Crippen molar-refractivity contribution in [1.29, 1.82) is 0 Å². The molecule has 0 bridgehead atoms. The van der Waals surface area contributed by atoms with Crippen LogP contribution < -0.4 is 0 Å². The van der Waals surface area contributed by atoms with Gasteiger partial charge in [0.1, 0.15) is 11.5 Å². The van der Waals surface area contributed by atoms with Crippen LogP contribution in [0.3, 0.4) is 0 Å². The third-order valence-electron chi connectivity index (χ3n) is 4.94. The number of nitrogens with zero attached hydrogens (tertiary/aromatic N) is 2. The molecule has 0 spiro atoms. The molecule has 1 aromatic carbocycles. The van der Waals surface area contributed by atoms with Crippen LogP contribution in [0.15, 0.2) is 42.6 Å². The second-order valence-electron chi connectivity index (χ2n) is 6.69. The summed E-state index contributed by atoms with van der Waals surface area (Å²) in [6.45, 7) is 1.52. The van der Waals surface area contributed by atoms with Gasteiger partial charge in [-0.25, -0.2) is 4.39 Å². The highest BCUT2D eigenvalue weighted by Gasteiger charge is 2.27. The fourth-order valence-corrected chi connectivity index (χ4v) is 3.57. The number of ether oxygens (including phenoxy) is 1. The monoisotopic (exact) mass is 356 g/mol. The van der Waals surface area contributed by atoms with Crippen molar-refractivity contribution in [3.63, 3.8) is 0 Å². The summed E-state index contributed by atoms with van der Waals surface area (Å²) in [6.07, 6.45) is 6.76. The van der Waals surface area contributed by atoms with Gasteiger partial charge in [-0.1, -0.05) is 12.1 Å². The largest absolute Gasteiger partial charge is 0.385 e. The van der Waals surface area contributed by atoms with Gasteiger partial charge >= 0.3 is 0 Å². The molecule has 2 heterocycles. The molecule has 26 heavy (non-hydrogen) atoms. The van der Waals surface area contributed by atoms with Gasteiger partial charge in [0.25, 0.3) is 5.91 Å². The Morgan fingerprint density at radius 3 is 2.81 bits per heavy atom. The molecule has 138 valence electrons. The fourth-order valence-electron chi connectivity index (χ4n) is 3.57. The van der Waals surface area contributed by atoms with Crippen molar-refractivity contribution in [2.75, 3.05) is 20.3 Å². The predicted octanol–water partition coefficient (Wildman–Crippen LogP) is 4.31. The SMILES string of the molecule is COCCC[C@@H]1CCCCN1C(=O)c1ccc(-c2ncccc2F)cc1. The molecule has 4 nitrogen and oxygen atoms in total. The summed E-state index contributed by atoms with van der Waals surface area (Å²) in [5.74, 6) is -0.305. The lowest BCUT2D eigenvalue weighted by molar-refractivity contribution is 0.0585. The zero-order chi connectivity index (χ0) is 18.4. The molecule has 0 radical (unpaired) electrons. The number of methoxy groups -OCH3 is 1. The Hall–Kier alpha value is -2.27. The van der Waals surface area contributed by atoms with E-state index in [-0.39, 0.29) is 17.8 Å². The van der Waals surface area contributed by atoms with E-state index in [1.54, 1.807) is 43.6 Å². The summed E-state index contributed by atoms with van der Waals surface area (Å²) >= 11 is 0. The van der Waals surface area contributed by atoms with E-state index < -0.39 is 0 Å². The van der Waals surface area contributed by atoms with E-state index >= 15 is 0 Å². The maximum absolute atomic E-state index is 13.9. The molecular weight excluding hydrogens is 331 g/mol. The van der Waals surface area contributed by atoms with Gasteiger partial charge in [-0.2, -0.15) is 0 Å². The van der Waals surface area contributed by atoms with Crippen molar-refractivity contribution in [2.45, 2.75) is 38.1 Å². The summed E-state index contributed by atoms with van der Waals surface area (Å²) < 4.78 is 19.0. The van der Waals surface area contributed by atoms with Gasteiger partial charge < -0.3 is 9.64 Å². The number of likely N-dealkylation sites (tertiary alicyclic amines) is 1. The maximum Gasteiger partial charge on any atom is 0.254 e. The fraction of sp³-hybridized carbons (Fsp3) is 0.429. The zero-order valence-electron chi connectivity index (χ0n) is 15.2. The summed E-state index contributed by atoms with van der Waals surface area (Å²) in [7, 11) is 1.70. The molecule has 0 N–H and O–H groups in total. The maximum atomic E-state index is 13.9. The third-order valence-corrected chi connectivity index (χ3v) is 4.94. The minimum absolute atomic E-state index is 0.0557. The smallest absolute Gasteiger partial charge is 0.254 e. The number of aromatic nitrogens is 1. The molecule has 1 atom stereocenters. The van der Waals surface area contributed by atoms with E-state index in [9.17, 15) is 9.18 Å². The average Bonchev–Trinajstić information content (AvgIpc) is 2.69. The number of hydrogen-bond acceptors (Lipinski definition) is 3. The lowest BCUT2D eigenvalue weighted by atomic mass is 9.96. The van der Waals surface area contributed by atoms with E-state index in [1.165, 1.54) is 12.5 Å². The van der Waals surface area contributed by atoms with Gasteiger partial charge in [-0.05, 0) is 56.4 Å². The van der Waals surface area contributed by atoms with Crippen LogP contribution in [0, 0.1) is 5.82 Å². The lowest BCUT2D eigenvalue weighted by Gasteiger charge is -2.36. The Morgan fingerprint density at radius 1 is 1.27 bits per heavy atom. The second kappa shape index (κ2) is 8.90. The van der Waals surface area contributed by atoms with E-state index in [1.807, 2.05) is 4.90 Å². The van der Waals surface area contributed by atoms with Gasteiger partial charge in [0.15, 0.2) is 0 Å². The lowest BCUT2D eigenvalue weighted by Crippen LogP contribution is -2.43. The number of hydrogen-bond donors (Lipinski definition) is 0. The van der Waals surface area contributed by atoms with Crippen molar-refractivity contribution in [3.05, 3.63) is 54.0 Å². The van der Waals surface area contributed by atoms with Gasteiger partial charge in [0.05, 0.1) is 0 Å². The van der Waals surface area contributed by atoms with Crippen LogP contribution in [0.1, 0.15) is 42.5 Å². The van der Waals surface area contributed by atoms with Crippen molar-refractivity contribution in [1.82, 2.24) is 9.88 Å². The molecule has 2 aromatic rings. The highest BCUT2D eigenvalue weighted by atomic mass is 19.1. The molecule has 1 aromatic heterocycles. The van der Waals surface area contributed by atoms with Gasteiger partial charge in [0.2, 0.25) is 0 Å². The number of pyridine rings is 1. The summed E-state index contributed by atoms with van der Waals surface area (Å²) in [5, 5.41) is 0. The molecule has 0 saturated carbocycles. The van der Waals surface area contributed by atoms with Crippen LogP contribution in [0.25, 0.3) is 11.3 Å². The zero-order valence-corrected chi connectivity index (χ0v) is 15.2. The third kappa shape index (κ3) is 4.28. The Morgan fingerprint density at radius 2 is 2.08 bits per heavy atom. The first-order valence-electron chi connectivity index (χ1n) is 9.21. The number of rotatable bonds is 6. The quantitative estimate of drug-likeness (QED) is 0.725. The molecule has 1 fully saturated rings. The number of benzene rings is 1. The van der Waals surface area contributed by atoms with Crippen LogP contribution in [0.2, 0.25) is 0 Å². The normalized spacial score (nSPS) is 17.3. The Kier molecular flexibility index (Phi) is 6.34. The van der Waals surface area contributed by atoms with Gasteiger partial charge in [-0.15, -0.1) is 0 Å². The Labute approximate surface area is 154 Å². The van der Waals surface area contributed by atoms with E-state index in [4.69, 9.17) is 4.74 Å². The van der Waals surface area contributed by atoms with Crippen molar-refractivity contribution in [2.24, 2.45) is 0 Å². The minimum Gasteiger partial charge on any atom is -0.385 e. The van der Waals surface area contributed by atoms with Crippen LogP contribution in [-0.4, -0.2) is 42.1 Å². The Bertz CT molecular complexity index is 733. The second-order valence-corrected chi connectivity index (χ2v) is 6.69. The van der Waals surface area contributed by atoms with Crippen LogP contribution in [0.4, 0.5) is 4.39 Å². The summed E-state index contributed by atoms with van der Waals surface area (Å²) in [4.78, 5) is 19.0. The molecular formula is C21H25FN2O2. The van der Waals surface area contributed by atoms with Crippen molar-refractivity contribution >= 4 is 5.91 Å². The van der Waals surface area contributed by atoms with E-state index in [0.717, 1.165) is 38.8 Å². The van der Waals surface area contributed by atoms with Crippen LogP contribution >= 0.6 is 0 Å². The summed E-state index contributed by atoms with van der Waals surface area (Å²) in [6, 6.07) is 10.3. The molecule has 1 saturated heterocycles. The molecule has 1 aliphatic heterocycles. The van der Waals surface area contributed by atoms with Crippen LogP contribution in [-0.2, 0) is 4.74 Å².